The Morgan fingerprint density at radius 3 is 2.77 bits per heavy atom. The van der Waals surface area contributed by atoms with Crippen LogP contribution in [0.1, 0.15) is 27.4 Å². The van der Waals surface area contributed by atoms with Crippen LogP contribution in [0.5, 0.6) is 0 Å². The van der Waals surface area contributed by atoms with Gasteiger partial charge in [-0.2, -0.15) is 5.10 Å². The van der Waals surface area contributed by atoms with E-state index >= 15 is 0 Å². The van der Waals surface area contributed by atoms with Crippen LogP contribution in [-0.2, 0) is 0 Å². The van der Waals surface area contributed by atoms with Crippen LogP contribution in [0.25, 0.3) is 5.65 Å². The maximum Gasteiger partial charge on any atom is 0.276 e. The van der Waals surface area contributed by atoms with Crippen molar-refractivity contribution >= 4 is 28.8 Å². The standard InChI is InChI=1S/C16H15ClN4O/c1-9-7-10(2)21-15(18-9)8-14(20-21)16(22)19-13-6-4-5-12(17)11(13)3/h4-8H,1-3H3,(H,19,22). The average Bonchev–Trinajstić information content (AvgIpc) is 2.88. The number of hydrogen-bond acceptors (Lipinski definition) is 3. The molecule has 1 amide bonds. The van der Waals surface area contributed by atoms with Crippen LogP contribution in [0.4, 0.5) is 5.69 Å². The predicted molar refractivity (Wildman–Crippen MR) is 86.6 cm³/mol. The summed E-state index contributed by atoms with van der Waals surface area (Å²) in [6.07, 6.45) is 0. The van der Waals surface area contributed by atoms with E-state index in [0.29, 0.717) is 22.1 Å². The number of aryl methyl sites for hydroxylation is 2. The summed E-state index contributed by atoms with van der Waals surface area (Å²) in [6.45, 7) is 5.70. The summed E-state index contributed by atoms with van der Waals surface area (Å²) >= 11 is 6.06. The first-order valence-corrected chi connectivity index (χ1v) is 7.24. The fourth-order valence-corrected chi connectivity index (χ4v) is 2.50. The van der Waals surface area contributed by atoms with Crippen molar-refractivity contribution in [3.8, 4) is 0 Å². The van der Waals surface area contributed by atoms with E-state index in [-0.39, 0.29) is 5.91 Å². The molecule has 0 bridgehead atoms. The minimum atomic E-state index is -0.284. The summed E-state index contributed by atoms with van der Waals surface area (Å²) in [7, 11) is 0. The number of nitrogens with one attached hydrogen (secondary N) is 1. The molecule has 1 aromatic carbocycles. The number of fused-ring (bicyclic) bond motifs is 1. The second-order valence-corrected chi connectivity index (χ2v) is 5.61. The van der Waals surface area contributed by atoms with Gasteiger partial charge in [-0.3, -0.25) is 4.79 Å². The first-order valence-electron chi connectivity index (χ1n) is 6.86. The van der Waals surface area contributed by atoms with Gasteiger partial charge in [0.05, 0.1) is 0 Å². The molecular formula is C16H15ClN4O. The fraction of sp³-hybridized carbons (Fsp3) is 0.188. The molecule has 3 rings (SSSR count). The number of aromatic nitrogens is 3. The highest BCUT2D eigenvalue weighted by Crippen LogP contribution is 2.23. The lowest BCUT2D eigenvalue weighted by Gasteiger charge is -2.07. The number of benzene rings is 1. The molecule has 22 heavy (non-hydrogen) atoms. The number of amides is 1. The van der Waals surface area contributed by atoms with Crippen LogP contribution in [0.2, 0.25) is 5.02 Å². The molecule has 0 spiro atoms. The Balaban J connectivity index is 1.95. The zero-order valence-electron chi connectivity index (χ0n) is 12.5. The van der Waals surface area contributed by atoms with E-state index in [2.05, 4.69) is 15.4 Å². The smallest absolute Gasteiger partial charge is 0.276 e. The Hall–Kier alpha value is -2.40. The van der Waals surface area contributed by atoms with E-state index in [1.165, 1.54) is 0 Å². The molecule has 0 fully saturated rings. The van der Waals surface area contributed by atoms with Gasteiger partial charge in [0, 0.05) is 28.2 Å². The lowest BCUT2D eigenvalue weighted by atomic mass is 10.2. The van der Waals surface area contributed by atoms with Gasteiger partial charge < -0.3 is 5.32 Å². The van der Waals surface area contributed by atoms with Crippen molar-refractivity contribution in [1.82, 2.24) is 14.6 Å². The van der Waals surface area contributed by atoms with Crippen LogP contribution in [0, 0.1) is 20.8 Å². The molecule has 112 valence electrons. The molecule has 2 aromatic heterocycles. The number of carbonyl (C=O) groups excluding carboxylic acids is 1. The number of rotatable bonds is 2. The zero-order chi connectivity index (χ0) is 15.9. The second kappa shape index (κ2) is 5.42. The highest BCUT2D eigenvalue weighted by molar-refractivity contribution is 6.31. The quantitative estimate of drug-likeness (QED) is 0.786. The topological polar surface area (TPSA) is 59.3 Å². The summed E-state index contributed by atoms with van der Waals surface area (Å²) in [5.41, 5.74) is 4.30. The molecule has 0 aliphatic carbocycles. The van der Waals surface area contributed by atoms with Crippen molar-refractivity contribution in [3.05, 3.63) is 58.0 Å². The van der Waals surface area contributed by atoms with Crippen LogP contribution in [0.3, 0.4) is 0 Å². The first-order chi connectivity index (χ1) is 10.5. The number of nitrogens with zero attached hydrogens (tertiary/aromatic N) is 3. The molecule has 0 saturated heterocycles. The zero-order valence-corrected chi connectivity index (χ0v) is 13.3. The minimum absolute atomic E-state index is 0.284. The van der Waals surface area contributed by atoms with E-state index < -0.39 is 0 Å². The van der Waals surface area contributed by atoms with E-state index in [1.807, 2.05) is 32.9 Å². The second-order valence-electron chi connectivity index (χ2n) is 5.21. The molecule has 0 saturated carbocycles. The van der Waals surface area contributed by atoms with Gasteiger partial charge in [0.25, 0.3) is 5.91 Å². The number of hydrogen-bond donors (Lipinski definition) is 1. The molecule has 0 unspecified atom stereocenters. The molecule has 0 aliphatic heterocycles. The lowest BCUT2D eigenvalue weighted by Crippen LogP contribution is -2.13. The molecule has 3 aromatic rings. The molecule has 1 N–H and O–H groups in total. The lowest BCUT2D eigenvalue weighted by molar-refractivity contribution is 0.102. The third kappa shape index (κ3) is 2.55. The van der Waals surface area contributed by atoms with Crippen LogP contribution < -0.4 is 5.32 Å². The van der Waals surface area contributed by atoms with Gasteiger partial charge in [-0.15, -0.1) is 0 Å². The molecule has 0 aliphatic rings. The molecule has 5 nitrogen and oxygen atoms in total. The van der Waals surface area contributed by atoms with Gasteiger partial charge in [-0.05, 0) is 44.5 Å². The Labute approximate surface area is 132 Å². The van der Waals surface area contributed by atoms with E-state index in [1.54, 1.807) is 22.7 Å². The van der Waals surface area contributed by atoms with Crippen molar-refractivity contribution in [2.24, 2.45) is 0 Å². The molecular weight excluding hydrogens is 300 g/mol. The fourth-order valence-electron chi connectivity index (χ4n) is 2.33. The predicted octanol–water partition coefficient (Wildman–Crippen LogP) is 3.56. The van der Waals surface area contributed by atoms with Gasteiger partial charge >= 0.3 is 0 Å². The van der Waals surface area contributed by atoms with Gasteiger partial charge in [-0.1, -0.05) is 17.7 Å². The van der Waals surface area contributed by atoms with E-state index in [4.69, 9.17) is 11.6 Å². The summed E-state index contributed by atoms with van der Waals surface area (Å²) in [4.78, 5) is 16.8. The summed E-state index contributed by atoms with van der Waals surface area (Å²) in [6, 6.07) is 8.98. The van der Waals surface area contributed by atoms with Gasteiger partial charge in [0.2, 0.25) is 0 Å². The summed E-state index contributed by atoms with van der Waals surface area (Å²) in [5, 5.41) is 7.76. The number of halogens is 1. The van der Waals surface area contributed by atoms with Crippen molar-refractivity contribution in [2.45, 2.75) is 20.8 Å². The van der Waals surface area contributed by atoms with Gasteiger partial charge in [-0.25, -0.2) is 9.50 Å². The maximum atomic E-state index is 12.4. The third-order valence-corrected chi connectivity index (χ3v) is 3.89. The Morgan fingerprint density at radius 1 is 1.23 bits per heavy atom. The molecule has 0 radical (unpaired) electrons. The number of anilines is 1. The Morgan fingerprint density at radius 2 is 2.00 bits per heavy atom. The highest BCUT2D eigenvalue weighted by Gasteiger charge is 2.14. The van der Waals surface area contributed by atoms with Crippen molar-refractivity contribution in [1.29, 1.82) is 0 Å². The third-order valence-electron chi connectivity index (χ3n) is 3.48. The van der Waals surface area contributed by atoms with Crippen molar-refractivity contribution in [3.63, 3.8) is 0 Å². The number of carbonyl (C=O) groups is 1. The first kappa shape index (κ1) is 14.5. The largest absolute Gasteiger partial charge is 0.320 e. The molecule has 6 heteroatoms. The normalized spacial score (nSPS) is 10.9. The highest BCUT2D eigenvalue weighted by atomic mass is 35.5. The summed E-state index contributed by atoms with van der Waals surface area (Å²) in [5.74, 6) is -0.284. The SMILES string of the molecule is Cc1cc(C)n2nc(C(=O)Nc3cccc(Cl)c3C)cc2n1. The van der Waals surface area contributed by atoms with Crippen molar-refractivity contribution < 1.29 is 4.79 Å². The molecule has 0 atom stereocenters. The van der Waals surface area contributed by atoms with Crippen LogP contribution in [-0.4, -0.2) is 20.5 Å². The summed E-state index contributed by atoms with van der Waals surface area (Å²) < 4.78 is 1.66. The van der Waals surface area contributed by atoms with E-state index in [0.717, 1.165) is 17.0 Å². The van der Waals surface area contributed by atoms with Crippen LogP contribution >= 0.6 is 11.6 Å². The van der Waals surface area contributed by atoms with Crippen molar-refractivity contribution in [2.75, 3.05) is 5.32 Å². The Bertz CT molecular complexity index is 885. The Kier molecular flexibility index (Phi) is 3.58. The molecule has 2 heterocycles. The monoisotopic (exact) mass is 314 g/mol. The van der Waals surface area contributed by atoms with Crippen LogP contribution in [0.15, 0.2) is 30.3 Å². The average molecular weight is 315 g/mol. The van der Waals surface area contributed by atoms with E-state index in [9.17, 15) is 4.79 Å². The van der Waals surface area contributed by atoms with Gasteiger partial charge in [0.15, 0.2) is 11.3 Å². The minimum Gasteiger partial charge on any atom is -0.320 e. The maximum absolute atomic E-state index is 12.4. The van der Waals surface area contributed by atoms with Gasteiger partial charge in [0.1, 0.15) is 0 Å².